The van der Waals surface area contributed by atoms with E-state index in [0.29, 0.717) is 23.3 Å². The normalized spacial score (nSPS) is 11.8. The monoisotopic (exact) mass is 1630 g/mol. The van der Waals surface area contributed by atoms with Crippen LogP contribution < -0.4 is 0 Å². The maximum Gasteiger partial charge on any atom is 0.165 e. The van der Waals surface area contributed by atoms with Crippen LogP contribution in [0.1, 0.15) is 0 Å². The van der Waals surface area contributed by atoms with Gasteiger partial charge in [0.05, 0.1) is 66.9 Å². The highest BCUT2D eigenvalue weighted by atomic mass is 32.1. The zero-order valence-corrected chi connectivity index (χ0v) is 68.6. The zero-order chi connectivity index (χ0) is 82.9. The topological polar surface area (TPSA) is 97.3 Å². The highest BCUT2D eigenvalue weighted by Crippen LogP contribution is 2.49. The molecule has 0 fully saturated rings. The van der Waals surface area contributed by atoms with Gasteiger partial charge in [-0.05, 0) is 162 Å². The number of thiophene rings is 1. The summed E-state index contributed by atoms with van der Waals surface area (Å²) in [5.74, 6) is 2.60. The smallest absolute Gasteiger partial charge is 0.165 e. The van der Waals surface area contributed by atoms with Gasteiger partial charge in [-0.15, -0.1) is 11.3 Å². The second-order valence-corrected chi connectivity index (χ2v) is 33.2. The highest BCUT2D eigenvalue weighted by molar-refractivity contribution is 7.26. The van der Waals surface area contributed by atoms with Crippen molar-refractivity contribution in [3.63, 3.8) is 0 Å². The van der Waals surface area contributed by atoms with Crippen molar-refractivity contribution in [2.24, 2.45) is 0 Å². The Morgan fingerprint density at radius 1 is 0.206 bits per heavy atom. The van der Waals surface area contributed by atoms with E-state index in [1.54, 1.807) is 11.3 Å². The third-order valence-electron chi connectivity index (χ3n) is 24.9. The fourth-order valence-electron chi connectivity index (χ4n) is 19.1. The minimum Gasteiger partial charge on any atom is -0.454 e. The molecule has 126 heavy (non-hydrogen) atoms. The van der Waals surface area contributed by atoms with Crippen LogP contribution in [0.3, 0.4) is 0 Å². The van der Waals surface area contributed by atoms with Gasteiger partial charge in [0, 0.05) is 119 Å². The molecule has 0 N–H and O–H groups in total. The predicted octanol–water partition coefficient (Wildman–Crippen LogP) is 30.3. The first kappa shape index (κ1) is 72.1. The molecule has 0 saturated carbocycles. The van der Waals surface area contributed by atoms with E-state index in [4.69, 9.17) is 29.3 Å². The molecule has 0 radical (unpaired) electrons. The molecule has 8 aromatic heterocycles. The summed E-state index contributed by atoms with van der Waals surface area (Å²) in [4.78, 5) is 25.9. The molecule has 26 rings (SSSR count). The second kappa shape index (κ2) is 29.6. The number of furan rings is 1. The number of hydrogen-bond donors (Lipinski definition) is 0. The molecule has 0 aliphatic carbocycles. The van der Waals surface area contributed by atoms with Crippen LogP contribution in [0.15, 0.2) is 435 Å². The third kappa shape index (κ3) is 12.0. The summed E-state index contributed by atoms with van der Waals surface area (Å²) in [6, 6.07) is 153. The van der Waals surface area contributed by atoms with E-state index in [2.05, 4.69) is 388 Å². The molecule has 0 saturated heterocycles. The van der Waals surface area contributed by atoms with Gasteiger partial charge in [0.25, 0.3) is 0 Å². The van der Waals surface area contributed by atoms with E-state index < -0.39 is 0 Å². The molecule has 18 aromatic carbocycles. The molecule has 0 amide bonds. The Morgan fingerprint density at radius 3 is 1.01 bits per heavy atom. The van der Waals surface area contributed by atoms with Crippen molar-refractivity contribution in [1.82, 2.24) is 43.2 Å². The van der Waals surface area contributed by atoms with Gasteiger partial charge in [-0.25, -0.2) is 24.9 Å². The maximum atomic E-state index is 6.82. The Bertz CT molecular complexity index is 8720. The Hall–Kier alpha value is -16.7. The fourth-order valence-corrected chi connectivity index (χ4v) is 20.4. The van der Waals surface area contributed by atoms with E-state index in [0.717, 1.165) is 122 Å². The summed E-state index contributed by atoms with van der Waals surface area (Å²) >= 11 is 1.79. The predicted molar refractivity (Wildman–Crippen MR) is 523 cm³/mol. The van der Waals surface area contributed by atoms with E-state index >= 15 is 0 Å². The van der Waals surface area contributed by atoms with Crippen LogP contribution >= 0.6 is 11.3 Å². The van der Waals surface area contributed by atoms with E-state index in [9.17, 15) is 0 Å². The summed E-state index contributed by atoms with van der Waals surface area (Å²) in [6.45, 7) is 0. The van der Waals surface area contributed by atoms with Gasteiger partial charge in [-0.1, -0.05) is 291 Å². The van der Waals surface area contributed by atoms with Crippen molar-refractivity contribution in [1.29, 1.82) is 0 Å². The Morgan fingerprint density at radius 2 is 0.548 bits per heavy atom. The molecule has 0 aliphatic rings. The Balaban J connectivity index is 0.000000137. The molecule has 0 atom stereocenters. The first-order chi connectivity index (χ1) is 62.5. The van der Waals surface area contributed by atoms with Crippen LogP contribution in [0, 0.1) is 0 Å². The van der Waals surface area contributed by atoms with Crippen molar-refractivity contribution in [2.75, 3.05) is 0 Å². The van der Waals surface area contributed by atoms with Crippen molar-refractivity contribution in [3.8, 4) is 113 Å². The van der Waals surface area contributed by atoms with Gasteiger partial charge in [-0.2, -0.15) is 0 Å². The van der Waals surface area contributed by atoms with Crippen LogP contribution in [-0.2, 0) is 0 Å². The van der Waals surface area contributed by atoms with Crippen molar-refractivity contribution in [2.45, 2.75) is 0 Å². The van der Waals surface area contributed by atoms with Crippen LogP contribution in [-0.4, -0.2) is 43.2 Å². The summed E-state index contributed by atoms with van der Waals surface area (Å²) in [7, 11) is 0. The fraction of sp³-hybridized carbons (Fsp3) is 0. The average molecular weight is 1630 g/mol. The van der Waals surface area contributed by atoms with Gasteiger partial charge in [0.2, 0.25) is 0 Å². The first-order valence-corrected chi connectivity index (χ1v) is 43.3. The van der Waals surface area contributed by atoms with E-state index in [1.165, 1.54) is 97.3 Å². The summed E-state index contributed by atoms with van der Waals surface area (Å²) in [6.07, 6.45) is 0. The van der Waals surface area contributed by atoms with Crippen LogP contribution in [0.5, 0.6) is 0 Å². The SMILES string of the molecule is c1ccc(-c2cc(-c3ccccc3)nc(-c3cc(-n4c5ccccc5c5cc(-c6ccc7c(c6)c6ccccc6n7-c6ccccc6)ccc54)c4oc5ccccc5c4c3)n2)cc1.c1ccc(-c2nc(-c3ccccc3)nc(-c3ccc(-n4c5ccccc5c5cc(-c6ccc7c(c6)c6ccccc6n7-c6ccccc6)ccc54)c4c3sc3ccccc34)n2)cc1. The van der Waals surface area contributed by atoms with Gasteiger partial charge in [-0.3, -0.25) is 0 Å². The third-order valence-corrected chi connectivity index (χ3v) is 26.1. The average Bonchev–Trinajstić information content (AvgIpc) is 1.56. The number of benzene rings is 18. The van der Waals surface area contributed by atoms with E-state index in [-0.39, 0.29) is 0 Å². The molecule has 26 aromatic rings. The number of para-hydroxylation sites is 7. The lowest BCUT2D eigenvalue weighted by Gasteiger charge is -2.14. The Kier molecular flexibility index (Phi) is 16.9. The minimum atomic E-state index is 0.649. The molecule has 0 unspecified atom stereocenters. The number of fused-ring (bicyclic) bond motifs is 18. The molecule has 0 spiro atoms. The summed E-state index contributed by atoms with van der Waals surface area (Å²) in [5, 5.41) is 14.2. The number of rotatable bonds is 12. The van der Waals surface area contributed by atoms with Crippen molar-refractivity contribution >= 4 is 141 Å². The Labute approximate surface area is 727 Å². The molecule has 10 nitrogen and oxygen atoms in total. The van der Waals surface area contributed by atoms with Crippen LogP contribution in [0.4, 0.5) is 0 Å². The first-order valence-electron chi connectivity index (χ1n) is 42.5. The molecular formula is C115H71N9OS. The molecular weight excluding hydrogens is 1560 g/mol. The van der Waals surface area contributed by atoms with Gasteiger partial charge in [0.15, 0.2) is 28.9 Å². The zero-order valence-electron chi connectivity index (χ0n) is 67.8. The highest BCUT2D eigenvalue weighted by Gasteiger charge is 2.27. The number of nitrogens with zero attached hydrogens (tertiary/aromatic N) is 9. The molecule has 0 bridgehead atoms. The quantitative estimate of drug-likeness (QED) is 0.121. The van der Waals surface area contributed by atoms with Gasteiger partial charge < -0.3 is 22.7 Å². The number of hydrogen-bond acceptors (Lipinski definition) is 7. The molecule has 11 heteroatoms. The van der Waals surface area contributed by atoms with Gasteiger partial charge in [0.1, 0.15) is 5.58 Å². The van der Waals surface area contributed by atoms with E-state index in [1.807, 2.05) is 60.7 Å². The maximum absolute atomic E-state index is 6.82. The van der Waals surface area contributed by atoms with Crippen LogP contribution in [0.25, 0.3) is 242 Å². The van der Waals surface area contributed by atoms with Crippen molar-refractivity contribution < 1.29 is 4.42 Å². The number of aromatic nitrogens is 9. The van der Waals surface area contributed by atoms with Crippen LogP contribution in [0.2, 0.25) is 0 Å². The molecule has 588 valence electrons. The lowest BCUT2D eigenvalue weighted by molar-refractivity contribution is 0.666. The largest absolute Gasteiger partial charge is 0.454 e. The summed E-state index contributed by atoms with van der Waals surface area (Å²) < 4.78 is 18.7. The second-order valence-electron chi connectivity index (χ2n) is 32.1. The van der Waals surface area contributed by atoms with Crippen molar-refractivity contribution in [3.05, 3.63) is 431 Å². The van der Waals surface area contributed by atoms with Gasteiger partial charge >= 0.3 is 0 Å². The molecule has 8 heterocycles. The molecule has 0 aliphatic heterocycles. The summed E-state index contributed by atoms with van der Waals surface area (Å²) in [5.41, 5.74) is 27.6. The lowest BCUT2D eigenvalue weighted by Crippen LogP contribution is -2.01. The standard InChI is InChI=1S/C58H36N4O.C57H35N5S/c1-4-16-37(17-5-1)49-36-50(38-18-6-2-7-19-38)60-58(59-49)41-34-48-45-24-12-15-27-56(45)63-57(48)55(35-41)62-52-26-14-11-23-44(52)47-33-40(29-31-54(47)62)39-28-30-53-46(32-39)43-22-10-13-25-51(43)61(53)42-20-8-3-9-21-42;1-4-16-36(17-5-1)55-58-56(37-18-6-2-7-19-37)60-57(59-55)44-30-33-51(53-43-24-12-15-27-52(43)63-54(44)53)62-48-26-14-11-23-42(48)46-35-39(29-32-50(46)62)38-28-31-49-45(34-38)41-22-10-13-25-47(41)61(49)40-20-8-3-9-21-40/h1-36H;1-35H. The minimum absolute atomic E-state index is 0.649. The lowest BCUT2D eigenvalue weighted by atomic mass is 10.0.